The van der Waals surface area contributed by atoms with Crippen molar-refractivity contribution in [1.82, 2.24) is 24.6 Å². The second-order valence-electron chi connectivity index (χ2n) is 8.98. The molecule has 3 aromatic heterocycles. The highest BCUT2D eigenvalue weighted by Gasteiger charge is 2.40. The van der Waals surface area contributed by atoms with E-state index in [-0.39, 0.29) is 18.2 Å². The first-order valence-corrected chi connectivity index (χ1v) is 11.2. The third-order valence-electron chi connectivity index (χ3n) is 5.39. The molecule has 2 atom stereocenters. The number of hydrogen-bond acceptors (Lipinski definition) is 5. The highest BCUT2D eigenvalue weighted by molar-refractivity contribution is 6.31. The number of aromatic nitrogens is 4. The largest absolute Gasteiger partial charge is 0.444 e. The van der Waals surface area contributed by atoms with Crippen molar-refractivity contribution in [2.45, 2.75) is 64.3 Å². The Morgan fingerprint density at radius 1 is 1.12 bits per heavy atom. The number of ether oxygens (including phenoxy) is 1. The van der Waals surface area contributed by atoms with Gasteiger partial charge in [0.05, 0.1) is 40.7 Å². The normalized spacial score (nSPS) is 19.1. The Hall–Kier alpha value is -2.93. The standard InChI is InChI=1S/C24H28ClN5O2/c1-24(2,3)32-23(31)30-20(11-5-12-21(30)22-18(25)9-6-13-26-22)19-10-4-8-17(28-19)16-29-15-7-14-27-29/h4,6-10,13-15,20-21H,5,11-12,16H2,1-3H3. The van der Waals surface area contributed by atoms with Crippen LogP contribution in [0.1, 0.15) is 69.2 Å². The number of halogens is 1. The van der Waals surface area contributed by atoms with Gasteiger partial charge in [-0.25, -0.2) is 4.79 Å². The summed E-state index contributed by atoms with van der Waals surface area (Å²) < 4.78 is 7.64. The van der Waals surface area contributed by atoms with Gasteiger partial charge >= 0.3 is 6.09 Å². The van der Waals surface area contributed by atoms with Crippen LogP contribution in [0.3, 0.4) is 0 Å². The van der Waals surface area contributed by atoms with Gasteiger partial charge in [0.15, 0.2) is 0 Å². The Bertz CT molecular complexity index is 1060. The molecule has 168 valence electrons. The minimum absolute atomic E-state index is 0.237. The molecule has 0 aromatic carbocycles. The van der Waals surface area contributed by atoms with Crippen LogP contribution in [-0.4, -0.2) is 36.3 Å². The molecule has 1 saturated heterocycles. The number of carbonyl (C=O) groups excluding carboxylic acids is 1. The zero-order valence-corrected chi connectivity index (χ0v) is 19.4. The summed E-state index contributed by atoms with van der Waals surface area (Å²) in [7, 11) is 0. The molecule has 1 aliphatic rings. The van der Waals surface area contributed by atoms with Gasteiger partial charge in [0.25, 0.3) is 0 Å². The van der Waals surface area contributed by atoms with Crippen molar-refractivity contribution in [3.05, 3.63) is 77.1 Å². The Kier molecular flexibility index (Phi) is 6.46. The molecule has 4 rings (SSSR count). The fourth-order valence-electron chi connectivity index (χ4n) is 4.10. The SMILES string of the molecule is CC(C)(C)OC(=O)N1C(c2cccc(Cn3cccn3)n2)CCCC1c1ncccc1Cl. The number of nitrogens with zero attached hydrogens (tertiary/aromatic N) is 5. The van der Waals surface area contributed by atoms with Crippen LogP contribution in [0.4, 0.5) is 4.79 Å². The van der Waals surface area contributed by atoms with Crippen molar-refractivity contribution in [3.63, 3.8) is 0 Å². The highest BCUT2D eigenvalue weighted by atomic mass is 35.5. The Morgan fingerprint density at radius 3 is 2.66 bits per heavy atom. The molecule has 0 aliphatic carbocycles. The molecule has 32 heavy (non-hydrogen) atoms. The van der Waals surface area contributed by atoms with Crippen LogP contribution >= 0.6 is 11.6 Å². The molecule has 0 bridgehead atoms. The summed E-state index contributed by atoms with van der Waals surface area (Å²) in [5, 5.41) is 4.82. The van der Waals surface area contributed by atoms with Crippen LogP contribution < -0.4 is 0 Å². The van der Waals surface area contributed by atoms with Crippen molar-refractivity contribution in [3.8, 4) is 0 Å². The average Bonchev–Trinajstić information content (AvgIpc) is 3.25. The van der Waals surface area contributed by atoms with E-state index in [9.17, 15) is 4.79 Å². The van der Waals surface area contributed by atoms with E-state index >= 15 is 0 Å². The van der Waals surface area contributed by atoms with E-state index in [0.29, 0.717) is 17.3 Å². The first-order valence-electron chi connectivity index (χ1n) is 10.9. The van der Waals surface area contributed by atoms with E-state index in [0.717, 1.165) is 30.7 Å². The topological polar surface area (TPSA) is 73.1 Å². The minimum Gasteiger partial charge on any atom is -0.444 e. The minimum atomic E-state index is -0.618. The van der Waals surface area contributed by atoms with Crippen molar-refractivity contribution in [1.29, 1.82) is 0 Å². The Labute approximate surface area is 193 Å². The fourth-order valence-corrected chi connectivity index (χ4v) is 4.35. The maximum absolute atomic E-state index is 13.4. The Balaban J connectivity index is 1.70. The number of pyridine rings is 2. The number of rotatable bonds is 4. The molecule has 1 fully saturated rings. The molecule has 0 spiro atoms. The van der Waals surface area contributed by atoms with E-state index in [2.05, 4.69) is 10.1 Å². The lowest BCUT2D eigenvalue weighted by molar-refractivity contribution is -0.00795. The summed E-state index contributed by atoms with van der Waals surface area (Å²) in [6.07, 6.45) is 7.46. The van der Waals surface area contributed by atoms with Gasteiger partial charge < -0.3 is 4.74 Å². The van der Waals surface area contributed by atoms with Gasteiger partial charge in [-0.3, -0.25) is 19.5 Å². The molecule has 0 saturated carbocycles. The first-order chi connectivity index (χ1) is 15.3. The number of hydrogen-bond donors (Lipinski definition) is 0. The van der Waals surface area contributed by atoms with Gasteiger partial charge in [-0.1, -0.05) is 17.7 Å². The molecule has 8 heteroatoms. The predicted molar refractivity (Wildman–Crippen MR) is 122 cm³/mol. The number of likely N-dealkylation sites (tertiary alicyclic amines) is 1. The van der Waals surface area contributed by atoms with Crippen LogP contribution in [-0.2, 0) is 11.3 Å². The molecule has 3 aromatic rings. The molecule has 7 nitrogen and oxygen atoms in total. The van der Waals surface area contributed by atoms with Crippen molar-refractivity contribution in [2.75, 3.05) is 0 Å². The van der Waals surface area contributed by atoms with Crippen LogP contribution in [0.25, 0.3) is 0 Å². The molecule has 0 N–H and O–H groups in total. The molecular weight excluding hydrogens is 426 g/mol. The van der Waals surface area contributed by atoms with E-state index in [1.165, 1.54) is 0 Å². The van der Waals surface area contributed by atoms with Crippen LogP contribution in [0.15, 0.2) is 55.0 Å². The monoisotopic (exact) mass is 453 g/mol. The van der Waals surface area contributed by atoms with Crippen molar-refractivity contribution in [2.24, 2.45) is 0 Å². The number of piperidine rings is 1. The van der Waals surface area contributed by atoms with E-state index < -0.39 is 5.60 Å². The zero-order valence-electron chi connectivity index (χ0n) is 18.6. The maximum Gasteiger partial charge on any atom is 0.411 e. The zero-order chi connectivity index (χ0) is 22.7. The van der Waals surface area contributed by atoms with Gasteiger partial charge in [0.2, 0.25) is 0 Å². The van der Waals surface area contributed by atoms with E-state index in [4.69, 9.17) is 21.3 Å². The Morgan fingerprint density at radius 2 is 1.94 bits per heavy atom. The first kappa shape index (κ1) is 22.3. The second-order valence-corrected chi connectivity index (χ2v) is 9.39. The summed E-state index contributed by atoms with van der Waals surface area (Å²) in [5.74, 6) is 0. The smallest absolute Gasteiger partial charge is 0.411 e. The fraction of sp³-hybridized carbons (Fsp3) is 0.417. The highest BCUT2D eigenvalue weighted by Crippen LogP contribution is 2.43. The quantitative estimate of drug-likeness (QED) is 0.515. The maximum atomic E-state index is 13.4. The summed E-state index contributed by atoms with van der Waals surface area (Å²) in [4.78, 5) is 24.6. The van der Waals surface area contributed by atoms with Gasteiger partial charge in [-0.05, 0) is 70.4 Å². The molecular formula is C24H28ClN5O2. The number of carbonyl (C=O) groups is 1. The van der Waals surface area contributed by atoms with Crippen molar-refractivity contribution >= 4 is 17.7 Å². The average molecular weight is 454 g/mol. The lowest BCUT2D eigenvalue weighted by Crippen LogP contribution is -2.44. The van der Waals surface area contributed by atoms with Gasteiger partial charge in [0.1, 0.15) is 5.60 Å². The van der Waals surface area contributed by atoms with E-state index in [1.807, 2.05) is 62.0 Å². The second kappa shape index (κ2) is 9.28. The van der Waals surface area contributed by atoms with Crippen LogP contribution in [0.2, 0.25) is 5.02 Å². The van der Waals surface area contributed by atoms with E-state index in [1.54, 1.807) is 23.4 Å². The van der Waals surface area contributed by atoms with Crippen LogP contribution in [0.5, 0.6) is 0 Å². The lowest BCUT2D eigenvalue weighted by atomic mass is 9.91. The van der Waals surface area contributed by atoms with Gasteiger partial charge in [-0.15, -0.1) is 0 Å². The summed E-state index contributed by atoms with van der Waals surface area (Å²) >= 11 is 6.49. The molecule has 0 radical (unpaired) electrons. The third kappa shape index (κ3) is 5.10. The van der Waals surface area contributed by atoms with Crippen LogP contribution in [0, 0.1) is 0 Å². The summed E-state index contributed by atoms with van der Waals surface area (Å²) in [6.45, 7) is 6.18. The molecule has 1 amide bonds. The molecule has 2 unspecified atom stereocenters. The molecule has 1 aliphatic heterocycles. The number of amides is 1. The lowest BCUT2D eigenvalue weighted by Gasteiger charge is -2.42. The predicted octanol–water partition coefficient (Wildman–Crippen LogP) is 5.58. The van der Waals surface area contributed by atoms with Gasteiger partial charge in [0, 0.05) is 18.6 Å². The third-order valence-corrected chi connectivity index (χ3v) is 5.71. The summed E-state index contributed by atoms with van der Waals surface area (Å²) in [6, 6.07) is 10.9. The van der Waals surface area contributed by atoms with Gasteiger partial charge in [-0.2, -0.15) is 5.10 Å². The van der Waals surface area contributed by atoms with Crippen molar-refractivity contribution < 1.29 is 9.53 Å². The summed E-state index contributed by atoms with van der Waals surface area (Å²) in [5.41, 5.74) is 1.79. The molecule has 4 heterocycles.